The summed E-state index contributed by atoms with van der Waals surface area (Å²) in [6, 6.07) is 2.38. The third-order valence-electron chi connectivity index (χ3n) is 2.70. The maximum Gasteiger partial charge on any atom is 0.307 e. The van der Waals surface area contributed by atoms with Crippen molar-refractivity contribution in [3.8, 4) is 0 Å². The summed E-state index contributed by atoms with van der Waals surface area (Å²) in [7, 11) is 0. The molecule has 0 bridgehead atoms. The minimum absolute atomic E-state index is 0.215. The fourth-order valence-corrected chi connectivity index (χ4v) is 2.65. The number of aliphatic carboxylic acids is 1. The summed E-state index contributed by atoms with van der Waals surface area (Å²) in [4.78, 5) is 13.3. The van der Waals surface area contributed by atoms with Gasteiger partial charge in [0.1, 0.15) is 0 Å². The van der Waals surface area contributed by atoms with Crippen LogP contribution < -0.4 is 5.32 Å². The van der Waals surface area contributed by atoms with Crippen LogP contribution in [0.25, 0.3) is 0 Å². The number of thiophene rings is 1. The highest BCUT2D eigenvalue weighted by molar-refractivity contribution is 7.12. The van der Waals surface area contributed by atoms with Crippen LogP contribution in [-0.4, -0.2) is 17.6 Å². The highest BCUT2D eigenvalue weighted by Gasteiger charge is 2.15. The molecule has 0 fully saturated rings. The first kappa shape index (κ1) is 13.2. The molecule has 1 aromatic rings. The van der Waals surface area contributed by atoms with Gasteiger partial charge in [-0.3, -0.25) is 4.79 Å². The van der Waals surface area contributed by atoms with E-state index in [2.05, 4.69) is 32.2 Å². The minimum atomic E-state index is -0.752. The highest BCUT2D eigenvalue weighted by Crippen LogP contribution is 2.26. The lowest BCUT2D eigenvalue weighted by Gasteiger charge is -2.15. The Bertz CT molecular complexity index is 373. The van der Waals surface area contributed by atoms with Gasteiger partial charge in [-0.2, -0.15) is 0 Å². The van der Waals surface area contributed by atoms with Crippen molar-refractivity contribution in [2.45, 2.75) is 33.7 Å². The van der Waals surface area contributed by atoms with Crippen molar-refractivity contribution in [1.82, 2.24) is 5.32 Å². The molecule has 0 aliphatic rings. The molecule has 1 aromatic heterocycles. The van der Waals surface area contributed by atoms with E-state index in [-0.39, 0.29) is 12.0 Å². The maximum atomic E-state index is 10.7. The van der Waals surface area contributed by atoms with Crippen molar-refractivity contribution in [3.05, 3.63) is 21.4 Å². The standard InChI is InChI=1S/C12H19NO2S/c1-7(12(14)15)6-13-9(3)11-5-8(2)16-10(11)4/h5,7,9,13H,6H2,1-4H3,(H,14,15). The molecule has 0 spiro atoms. The van der Waals surface area contributed by atoms with E-state index >= 15 is 0 Å². The fraction of sp³-hybridized carbons (Fsp3) is 0.583. The monoisotopic (exact) mass is 241 g/mol. The summed E-state index contributed by atoms with van der Waals surface area (Å²) in [5.74, 6) is -1.10. The van der Waals surface area contributed by atoms with Crippen molar-refractivity contribution in [2.75, 3.05) is 6.54 Å². The Kier molecular flexibility index (Phi) is 4.50. The second kappa shape index (κ2) is 5.46. The van der Waals surface area contributed by atoms with E-state index in [1.54, 1.807) is 18.3 Å². The van der Waals surface area contributed by atoms with Gasteiger partial charge in [0.15, 0.2) is 0 Å². The first-order valence-corrected chi connectivity index (χ1v) is 6.26. The Morgan fingerprint density at radius 3 is 2.56 bits per heavy atom. The Labute approximate surface area is 100 Å². The van der Waals surface area contributed by atoms with Crippen molar-refractivity contribution in [2.24, 2.45) is 5.92 Å². The number of carbonyl (C=O) groups is 1. The number of aryl methyl sites for hydroxylation is 2. The Hall–Kier alpha value is -0.870. The Morgan fingerprint density at radius 2 is 2.12 bits per heavy atom. The van der Waals surface area contributed by atoms with Crippen LogP contribution in [0.5, 0.6) is 0 Å². The Balaban J connectivity index is 2.56. The molecule has 0 saturated heterocycles. The van der Waals surface area contributed by atoms with Gasteiger partial charge in [-0.1, -0.05) is 6.92 Å². The van der Waals surface area contributed by atoms with Crippen LogP contribution in [-0.2, 0) is 4.79 Å². The molecule has 0 amide bonds. The number of hydrogen-bond donors (Lipinski definition) is 2. The third kappa shape index (κ3) is 3.32. The first-order valence-electron chi connectivity index (χ1n) is 5.45. The molecular weight excluding hydrogens is 222 g/mol. The molecule has 0 radical (unpaired) electrons. The van der Waals surface area contributed by atoms with Gasteiger partial charge in [0, 0.05) is 22.3 Å². The van der Waals surface area contributed by atoms with E-state index in [0.29, 0.717) is 6.54 Å². The summed E-state index contributed by atoms with van der Waals surface area (Å²) in [6.07, 6.45) is 0. The lowest BCUT2D eigenvalue weighted by Crippen LogP contribution is -2.28. The molecule has 3 nitrogen and oxygen atoms in total. The summed E-state index contributed by atoms with van der Waals surface area (Å²) in [5, 5.41) is 12.0. The summed E-state index contributed by atoms with van der Waals surface area (Å²) < 4.78 is 0. The zero-order valence-electron chi connectivity index (χ0n) is 10.2. The van der Waals surface area contributed by atoms with Gasteiger partial charge in [-0.15, -0.1) is 11.3 Å². The van der Waals surface area contributed by atoms with E-state index in [4.69, 9.17) is 5.11 Å². The molecular formula is C12H19NO2S. The largest absolute Gasteiger partial charge is 0.481 e. The molecule has 1 rings (SSSR count). The highest BCUT2D eigenvalue weighted by atomic mass is 32.1. The number of hydrogen-bond acceptors (Lipinski definition) is 3. The average molecular weight is 241 g/mol. The van der Waals surface area contributed by atoms with Crippen LogP contribution in [0.2, 0.25) is 0 Å². The summed E-state index contributed by atoms with van der Waals surface area (Å²) in [5.41, 5.74) is 1.28. The predicted octanol–water partition coefficient (Wildman–Crippen LogP) is 2.74. The molecule has 2 N–H and O–H groups in total. The first-order chi connectivity index (χ1) is 7.41. The van der Waals surface area contributed by atoms with Gasteiger partial charge in [-0.05, 0) is 32.4 Å². The van der Waals surface area contributed by atoms with Crippen molar-refractivity contribution in [3.63, 3.8) is 0 Å². The lowest BCUT2D eigenvalue weighted by molar-refractivity contribution is -0.140. The molecule has 0 aliphatic heterocycles. The minimum Gasteiger partial charge on any atom is -0.481 e. The molecule has 1 heterocycles. The molecule has 2 atom stereocenters. The average Bonchev–Trinajstić information content (AvgIpc) is 2.53. The predicted molar refractivity (Wildman–Crippen MR) is 67.0 cm³/mol. The molecule has 0 saturated carbocycles. The van der Waals surface area contributed by atoms with Crippen molar-refractivity contribution >= 4 is 17.3 Å². The van der Waals surface area contributed by atoms with Crippen LogP contribution in [0, 0.1) is 19.8 Å². The maximum absolute atomic E-state index is 10.7. The van der Waals surface area contributed by atoms with Gasteiger partial charge in [0.2, 0.25) is 0 Å². The Morgan fingerprint density at radius 1 is 1.50 bits per heavy atom. The number of carboxylic acids is 1. The van der Waals surface area contributed by atoms with E-state index in [1.165, 1.54) is 15.3 Å². The van der Waals surface area contributed by atoms with Gasteiger partial charge >= 0.3 is 5.97 Å². The molecule has 4 heteroatoms. The zero-order valence-corrected chi connectivity index (χ0v) is 11.0. The SMILES string of the molecule is Cc1cc(C(C)NCC(C)C(=O)O)c(C)s1. The van der Waals surface area contributed by atoms with Crippen LogP contribution >= 0.6 is 11.3 Å². The van der Waals surface area contributed by atoms with Gasteiger partial charge < -0.3 is 10.4 Å². The quantitative estimate of drug-likeness (QED) is 0.833. The van der Waals surface area contributed by atoms with E-state index in [0.717, 1.165) is 0 Å². The van der Waals surface area contributed by atoms with E-state index in [1.807, 2.05) is 0 Å². The van der Waals surface area contributed by atoms with E-state index in [9.17, 15) is 4.79 Å². The second-order valence-electron chi connectivity index (χ2n) is 4.24. The normalized spacial score (nSPS) is 14.8. The van der Waals surface area contributed by atoms with Crippen LogP contribution in [0.3, 0.4) is 0 Å². The zero-order chi connectivity index (χ0) is 12.3. The van der Waals surface area contributed by atoms with Crippen LogP contribution in [0.1, 0.15) is 35.2 Å². The third-order valence-corrected chi connectivity index (χ3v) is 3.68. The van der Waals surface area contributed by atoms with Crippen LogP contribution in [0.4, 0.5) is 0 Å². The number of rotatable bonds is 5. The number of nitrogens with one attached hydrogen (secondary N) is 1. The number of carboxylic acid groups (broad SMARTS) is 1. The smallest absolute Gasteiger partial charge is 0.307 e. The summed E-state index contributed by atoms with van der Waals surface area (Å²) >= 11 is 1.78. The molecule has 0 aliphatic carbocycles. The fourth-order valence-electron chi connectivity index (χ4n) is 1.63. The van der Waals surface area contributed by atoms with Crippen molar-refractivity contribution < 1.29 is 9.90 Å². The van der Waals surface area contributed by atoms with E-state index < -0.39 is 5.97 Å². The van der Waals surface area contributed by atoms with Gasteiger partial charge in [0.25, 0.3) is 0 Å². The summed E-state index contributed by atoms with van der Waals surface area (Å²) in [6.45, 7) is 8.49. The van der Waals surface area contributed by atoms with Gasteiger partial charge in [0.05, 0.1) is 5.92 Å². The second-order valence-corrected chi connectivity index (χ2v) is 5.70. The van der Waals surface area contributed by atoms with Crippen molar-refractivity contribution in [1.29, 1.82) is 0 Å². The molecule has 90 valence electrons. The molecule has 0 aromatic carbocycles. The lowest BCUT2D eigenvalue weighted by atomic mass is 10.1. The molecule has 2 unspecified atom stereocenters. The van der Waals surface area contributed by atoms with Crippen LogP contribution in [0.15, 0.2) is 6.07 Å². The van der Waals surface area contributed by atoms with Gasteiger partial charge in [-0.25, -0.2) is 0 Å². The topological polar surface area (TPSA) is 49.3 Å². The molecule has 16 heavy (non-hydrogen) atoms.